The van der Waals surface area contributed by atoms with Gasteiger partial charge in [-0.05, 0) is 77.7 Å². The topological polar surface area (TPSA) is 67.2 Å². The fourth-order valence-corrected chi connectivity index (χ4v) is 5.96. The van der Waals surface area contributed by atoms with Crippen molar-refractivity contribution >= 4 is 17.7 Å². The predicted molar refractivity (Wildman–Crippen MR) is 163 cm³/mol. The van der Waals surface area contributed by atoms with E-state index in [4.69, 9.17) is 0 Å². The second-order valence-corrected chi connectivity index (χ2v) is 12.6. The van der Waals surface area contributed by atoms with E-state index in [-0.39, 0.29) is 23.3 Å². The van der Waals surface area contributed by atoms with Gasteiger partial charge in [-0.2, -0.15) is 0 Å². The molecule has 40 heavy (non-hydrogen) atoms. The summed E-state index contributed by atoms with van der Waals surface area (Å²) in [7, 11) is 0. The lowest BCUT2D eigenvalue weighted by Gasteiger charge is -2.33. The van der Waals surface area contributed by atoms with E-state index in [9.17, 15) is 4.79 Å². The van der Waals surface area contributed by atoms with Crippen molar-refractivity contribution in [3.05, 3.63) is 101 Å². The average molecular weight is 535 g/mol. The zero-order valence-corrected chi connectivity index (χ0v) is 24.3. The summed E-state index contributed by atoms with van der Waals surface area (Å²) in [5.74, 6) is 1.77. The van der Waals surface area contributed by atoms with E-state index in [0.717, 1.165) is 60.2 Å². The number of carbonyl (C=O) groups is 1. The third kappa shape index (κ3) is 6.93. The smallest absolute Gasteiger partial charge is 0.228 e. The summed E-state index contributed by atoms with van der Waals surface area (Å²) in [5, 5.41) is 3.25. The molecule has 1 aliphatic heterocycles. The van der Waals surface area contributed by atoms with Gasteiger partial charge >= 0.3 is 0 Å². The molecule has 5 nitrogen and oxygen atoms in total. The molecule has 2 aromatic carbocycles. The number of hydrogen-bond acceptors (Lipinski definition) is 4. The Morgan fingerprint density at radius 2 is 1.62 bits per heavy atom. The van der Waals surface area contributed by atoms with E-state index in [1.165, 1.54) is 5.56 Å². The zero-order valence-electron chi connectivity index (χ0n) is 24.3. The van der Waals surface area contributed by atoms with Gasteiger partial charge in [0.1, 0.15) is 5.82 Å². The molecule has 5 rings (SSSR count). The van der Waals surface area contributed by atoms with E-state index in [0.29, 0.717) is 18.4 Å². The van der Waals surface area contributed by atoms with Crippen LogP contribution in [-0.2, 0) is 23.2 Å². The number of hydrogen-bond donors (Lipinski definition) is 1. The standard InChI is InChI=1S/C35H42N4O/c1-24-18-30(21-36-24)27-14-16-29(17-15-27)33(34(40)39-20-26-8-6-5-7-9-26)28-12-10-25(11-13-28)19-32-37-22-31(23-38-32)35(2,3)4/h5-9,14-18,21-25,28,33H,10-13,19-20H2,1-4H3,(H,39,40)/t24?,25-,28-,33?. The number of aliphatic imine (C=N–C) groups is 1. The molecule has 2 atom stereocenters. The van der Waals surface area contributed by atoms with Crippen LogP contribution < -0.4 is 5.32 Å². The maximum absolute atomic E-state index is 13.7. The highest BCUT2D eigenvalue weighted by atomic mass is 16.1. The Morgan fingerprint density at radius 1 is 0.950 bits per heavy atom. The van der Waals surface area contributed by atoms with Crippen LogP contribution in [0, 0.1) is 11.8 Å². The quantitative estimate of drug-likeness (QED) is 0.336. The van der Waals surface area contributed by atoms with Crippen LogP contribution in [-0.4, -0.2) is 28.1 Å². The van der Waals surface area contributed by atoms with Crippen LogP contribution >= 0.6 is 0 Å². The second-order valence-electron chi connectivity index (χ2n) is 12.6. The summed E-state index contributed by atoms with van der Waals surface area (Å²) in [6.07, 6.45) is 13.3. The number of amides is 1. The lowest BCUT2D eigenvalue weighted by atomic mass is 9.72. The monoisotopic (exact) mass is 534 g/mol. The summed E-state index contributed by atoms with van der Waals surface area (Å²) in [6.45, 7) is 9.20. The van der Waals surface area contributed by atoms with Gasteiger partial charge in [-0.1, -0.05) is 81.4 Å². The van der Waals surface area contributed by atoms with E-state index in [2.05, 4.69) is 90.4 Å². The lowest BCUT2D eigenvalue weighted by Crippen LogP contribution is -2.35. The van der Waals surface area contributed by atoms with Crippen molar-refractivity contribution in [3.63, 3.8) is 0 Å². The van der Waals surface area contributed by atoms with Gasteiger partial charge in [0.15, 0.2) is 0 Å². The van der Waals surface area contributed by atoms with Gasteiger partial charge in [0, 0.05) is 31.6 Å². The van der Waals surface area contributed by atoms with E-state index in [1.807, 2.05) is 36.8 Å². The molecule has 3 aromatic rings. The Kier molecular flexibility index (Phi) is 8.58. The fraction of sp³-hybridized carbons (Fsp3) is 0.429. The van der Waals surface area contributed by atoms with Crippen molar-refractivity contribution in [2.24, 2.45) is 16.8 Å². The summed E-state index contributed by atoms with van der Waals surface area (Å²) in [6, 6.07) is 19.0. The van der Waals surface area contributed by atoms with Crippen LogP contribution in [0.15, 0.2) is 78.1 Å². The van der Waals surface area contributed by atoms with Crippen LogP contribution in [0.5, 0.6) is 0 Å². The summed E-state index contributed by atoms with van der Waals surface area (Å²) in [5.41, 5.74) is 5.76. The fourth-order valence-electron chi connectivity index (χ4n) is 5.96. The minimum absolute atomic E-state index is 0.0605. The molecule has 208 valence electrons. The van der Waals surface area contributed by atoms with Crippen molar-refractivity contribution in [2.75, 3.05) is 0 Å². The minimum atomic E-state index is -0.161. The first-order valence-corrected chi connectivity index (χ1v) is 14.7. The maximum Gasteiger partial charge on any atom is 0.228 e. The number of benzene rings is 2. The van der Waals surface area contributed by atoms with Gasteiger partial charge in [-0.25, -0.2) is 9.97 Å². The van der Waals surface area contributed by atoms with Crippen LogP contribution in [0.3, 0.4) is 0 Å². The highest BCUT2D eigenvalue weighted by molar-refractivity contribution is 6.11. The Labute approximate surface area is 239 Å². The number of rotatable bonds is 8. The van der Waals surface area contributed by atoms with Gasteiger partial charge in [-0.3, -0.25) is 9.79 Å². The highest BCUT2D eigenvalue weighted by Crippen LogP contribution is 2.40. The molecular formula is C35H42N4O. The van der Waals surface area contributed by atoms with E-state index in [1.54, 1.807) is 0 Å². The Morgan fingerprint density at radius 3 is 2.23 bits per heavy atom. The molecule has 5 heteroatoms. The van der Waals surface area contributed by atoms with Gasteiger partial charge in [-0.15, -0.1) is 0 Å². The molecule has 2 aliphatic rings. The van der Waals surface area contributed by atoms with Crippen LogP contribution in [0.25, 0.3) is 5.57 Å². The third-order valence-electron chi connectivity index (χ3n) is 8.47. The first kappa shape index (κ1) is 27.9. The average Bonchev–Trinajstić information content (AvgIpc) is 3.40. The molecular weight excluding hydrogens is 492 g/mol. The number of aromatic nitrogens is 2. The molecule has 0 saturated heterocycles. The molecule has 1 saturated carbocycles. The molecule has 1 N–H and O–H groups in total. The predicted octanol–water partition coefficient (Wildman–Crippen LogP) is 7.08. The lowest BCUT2D eigenvalue weighted by molar-refractivity contribution is -0.124. The van der Waals surface area contributed by atoms with Gasteiger partial charge in [0.2, 0.25) is 5.91 Å². The molecule has 0 bridgehead atoms. The van der Waals surface area contributed by atoms with E-state index >= 15 is 0 Å². The van der Waals surface area contributed by atoms with Crippen molar-refractivity contribution in [1.82, 2.24) is 15.3 Å². The SMILES string of the molecule is CC1C=C(c2ccc(C(C(=O)NCc3ccccc3)[C@H]3CC[C@H](Cc4ncc(C(C)(C)C)cn4)CC3)cc2)C=N1. The summed E-state index contributed by atoms with van der Waals surface area (Å²) < 4.78 is 0. The molecule has 2 unspecified atom stereocenters. The van der Waals surface area contributed by atoms with Crippen molar-refractivity contribution < 1.29 is 4.79 Å². The van der Waals surface area contributed by atoms with E-state index < -0.39 is 0 Å². The summed E-state index contributed by atoms with van der Waals surface area (Å²) >= 11 is 0. The highest BCUT2D eigenvalue weighted by Gasteiger charge is 2.33. The van der Waals surface area contributed by atoms with Crippen molar-refractivity contribution in [3.8, 4) is 0 Å². The maximum atomic E-state index is 13.7. The number of nitrogens with zero attached hydrogens (tertiary/aromatic N) is 3. The number of allylic oxidation sites excluding steroid dienone is 1. The Balaban J connectivity index is 1.27. The van der Waals surface area contributed by atoms with Crippen LogP contribution in [0.4, 0.5) is 0 Å². The minimum Gasteiger partial charge on any atom is -0.351 e. The van der Waals surface area contributed by atoms with Crippen molar-refractivity contribution in [2.45, 2.75) is 83.7 Å². The molecule has 0 spiro atoms. The third-order valence-corrected chi connectivity index (χ3v) is 8.47. The van der Waals surface area contributed by atoms with Gasteiger partial charge in [0.25, 0.3) is 0 Å². The molecule has 1 fully saturated rings. The number of carbonyl (C=O) groups excluding carboxylic acids is 1. The van der Waals surface area contributed by atoms with Gasteiger partial charge < -0.3 is 5.32 Å². The zero-order chi connectivity index (χ0) is 28.1. The molecule has 1 aliphatic carbocycles. The molecule has 1 aromatic heterocycles. The summed E-state index contributed by atoms with van der Waals surface area (Å²) in [4.78, 5) is 27.5. The normalized spacial score (nSPS) is 21.6. The Hall–Kier alpha value is -3.60. The largest absolute Gasteiger partial charge is 0.351 e. The van der Waals surface area contributed by atoms with Crippen molar-refractivity contribution in [1.29, 1.82) is 0 Å². The first-order valence-electron chi connectivity index (χ1n) is 14.7. The molecule has 0 radical (unpaired) electrons. The van der Waals surface area contributed by atoms with Crippen LogP contribution in [0.2, 0.25) is 0 Å². The molecule has 1 amide bonds. The van der Waals surface area contributed by atoms with Gasteiger partial charge in [0.05, 0.1) is 12.0 Å². The molecule has 2 heterocycles. The number of nitrogens with one attached hydrogen (secondary N) is 1. The van der Waals surface area contributed by atoms with Crippen LogP contribution in [0.1, 0.15) is 87.4 Å². The Bertz CT molecular complexity index is 1330. The first-order chi connectivity index (χ1) is 19.3. The second kappa shape index (κ2) is 12.3.